The van der Waals surface area contributed by atoms with Crippen LogP contribution in [0.25, 0.3) is 16.8 Å². The van der Waals surface area contributed by atoms with Crippen molar-refractivity contribution in [2.24, 2.45) is 0 Å². The zero-order chi connectivity index (χ0) is 19.7. The molecule has 3 aromatic heterocycles. The van der Waals surface area contributed by atoms with Crippen LogP contribution in [0.4, 0.5) is 14.6 Å². The Kier molecular flexibility index (Phi) is 4.60. The first-order chi connectivity index (χ1) is 13.6. The number of nitrogens with one attached hydrogen (secondary N) is 1. The van der Waals surface area contributed by atoms with E-state index in [2.05, 4.69) is 20.5 Å². The van der Waals surface area contributed by atoms with Crippen LogP contribution in [-0.2, 0) is 6.54 Å². The van der Waals surface area contributed by atoms with Gasteiger partial charge in [0.25, 0.3) is 0 Å². The molecule has 4 rings (SSSR count). The molecule has 1 aromatic carbocycles. The lowest BCUT2D eigenvalue weighted by molar-refractivity contribution is 0.399. The van der Waals surface area contributed by atoms with Crippen LogP contribution in [0.15, 0.2) is 48.9 Å². The smallest absolute Gasteiger partial charge is 0.170 e. The number of anilines is 1. The number of hydrogen-bond acceptors (Lipinski definition) is 5. The lowest BCUT2D eigenvalue weighted by Crippen LogP contribution is -2.08. The van der Waals surface area contributed by atoms with Crippen LogP contribution >= 0.6 is 0 Å². The van der Waals surface area contributed by atoms with E-state index in [1.165, 1.54) is 13.2 Å². The highest BCUT2D eigenvalue weighted by molar-refractivity contribution is 5.80. The SMILES string of the molecule is COc1ccc(F)c(F)c1CNc1ccc(-c2cccnc2C)c2nncn12. The summed E-state index contributed by atoms with van der Waals surface area (Å²) in [5, 5.41) is 11.3. The molecular formula is C20H17F2N5O. The first-order valence-corrected chi connectivity index (χ1v) is 8.59. The summed E-state index contributed by atoms with van der Waals surface area (Å²) in [6, 6.07) is 10.0. The summed E-state index contributed by atoms with van der Waals surface area (Å²) in [7, 11) is 1.42. The first-order valence-electron chi connectivity index (χ1n) is 8.59. The number of rotatable bonds is 5. The largest absolute Gasteiger partial charge is 0.496 e. The average Bonchev–Trinajstić information content (AvgIpc) is 3.20. The zero-order valence-electron chi connectivity index (χ0n) is 15.3. The third-order valence-corrected chi connectivity index (χ3v) is 4.57. The molecule has 0 atom stereocenters. The second kappa shape index (κ2) is 7.22. The molecule has 0 unspecified atom stereocenters. The lowest BCUT2D eigenvalue weighted by Gasteiger charge is -2.14. The summed E-state index contributed by atoms with van der Waals surface area (Å²) >= 11 is 0. The van der Waals surface area contributed by atoms with Crippen molar-refractivity contribution in [1.82, 2.24) is 19.6 Å². The van der Waals surface area contributed by atoms with Crippen LogP contribution in [0, 0.1) is 18.6 Å². The third-order valence-electron chi connectivity index (χ3n) is 4.57. The minimum absolute atomic E-state index is 0.0330. The van der Waals surface area contributed by atoms with Gasteiger partial charge in [-0.2, -0.15) is 0 Å². The van der Waals surface area contributed by atoms with Gasteiger partial charge in [0.1, 0.15) is 17.9 Å². The Hall–Kier alpha value is -3.55. The van der Waals surface area contributed by atoms with E-state index >= 15 is 0 Å². The van der Waals surface area contributed by atoms with Gasteiger partial charge in [0.15, 0.2) is 17.3 Å². The van der Waals surface area contributed by atoms with Gasteiger partial charge < -0.3 is 10.1 Å². The standard InChI is InChI=1S/C20H17F2N5O/c1-12-13(4-3-9-23-12)14-5-8-18(27-11-25-26-20(14)27)24-10-15-17(28-2)7-6-16(21)19(15)22/h3-9,11,24H,10H2,1-2H3. The van der Waals surface area contributed by atoms with Gasteiger partial charge in [-0.1, -0.05) is 6.07 Å². The number of pyridine rings is 2. The average molecular weight is 381 g/mol. The Morgan fingerprint density at radius 2 is 1.96 bits per heavy atom. The maximum absolute atomic E-state index is 14.2. The van der Waals surface area contributed by atoms with Crippen LogP contribution in [0.1, 0.15) is 11.3 Å². The topological polar surface area (TPSA) is 64.3 Å². The first kappa shape index (κ1) is 17.8. The summed E-state index contributed by atoms with van der Waals surface area (Å²) < 4.78 is 34.7. The van der Waals surface area contributed by atoms with Gasteiger partial charge >= 0.3 is 0 Å². The molecule has 0 bridgehead atoms. The molecule has 142 valence electrons. The molecule has 0 saturated heterocycles. The van der Waals surface area contributed by atoms with Gasteiger partial charge in [-0.15, -0.1) is 10.2 Å². The van der Waals surface area contributed by atoms with Gasteiger partial charge in [-0.25, -0.2) is 8.78 Å². The summed E-state index contributed by atoms with van der Waals surface area (Å²) in [5.74, 6) is -0.950. The Morgan fingerprint density at radius 3 is 2.75 bits per heavy atom. The molecule has 0 fully saturated rings. The number of aromatic nitrogens is 4. The Labute approximate surface area is 159 Å². The van der Waals surface area contributed by atoms with E-state index in [-0.39, 0.29) is 17.9 Å². The van der Waals surface area contributed by atoms with Crippen LogP contribution in [-0.4, -0.2) is 26.7 Å². The Balaban J connectivity index is 1.71. The molecule has 1 N–H and O–H groups in total. The minimum Gasteiger partial charge on any atom is -0.496 e. The van der Waals surface area contributed by atoms with Crippen molar-refractivity contribution in [2.75, 3.05) is 12.4 Å². The summed E-state index contributed by atoms with van der Waals surface area (Å²) in [6.45, 7) is 1.96. The number of aryl methyl sites for hydroxylation is 1. The molecule has 3 heterocycles. The van der Waals surface area contributed by atoms with Crippen LogP contribution < -0.4 is 10.1 Å². The highest BCUT2D eigenvalue weighted by Gasteiger charge is 2.16. The maximum atomic E-state index is 14.2. The molecule has 28 heavy (non-hydrogen) atoms. The van der Waals surface area contributed by atoms with E-state index in [1.807, 2.05) is 31.2 Å². The number of benzene rings is 1. The van der Waals surface area contributed by atoms with E-state index in [1.54, 1.807) is 16.9 Å². The van der Waals surface area contributed by atoms with Gasteiger partial charge in [-0.3, -0.25) is 9.38 Å². The highest BCUT2D eigenvalue weighted by Crippen LogP contribution is 2.29. The van der Waals surface area contributed by atoms with E-state index in [4.69, 9.17) is 4.74 Å². The van der Waals surface area contributed by atoms with Crippen molar-refractivity contribution in [3.63, 3.8) is 0 Å². The van der Waals surface area contributed by atoms with E-state index in [0.717, 1.165) is 22.9 Å². The van der Waals surface area contributed by atoms with Gasteiger partial charge in [0, 0.05) is 29.6 Å². The fraction of sp³-hybridized carbons (Fsp3) is 0.150. The van der Waals surface area contributed by atoms with Crippen molar-refractivity contribution < 1.29 is 13.5 Å². The van der Waals surface area contributed by atoms with E-state index in [0.29, 0.717) is 11.5 Å². The van der Waals surface area contributed by atoms with Crippen molar-refractivity contribution in [1.29, 1.82) is 0 Å². The Bertz CT molecular complexity index is 1160. The fourth-order valence-electron chi connectivity index (χ4n) is 3.15. The Morgan fingerprint density at radius 1 is 1.11 bits per heavy atom. The second-order valence-electron chi connectivity index (χ2n) is 6.19. The molecule has 8 heteroatoms. The van der Waals surface area contributed by atoms with E-state index < -0.39 is 11.6 Å². The van der Waals surface area contributed by atoms with Crippen LogP contribution in [0.2, 0.25) is 0 Å². The predicted molar refractivity (Wildman–Crippen MR) is 101 cm³/mol. The summed E-state index contributed by atoms with van der Waals surface area (Å²) in [4.78, 5) is 4.32. The molecule has 0 spiro atoms. The monoisotopic (exact) mass is 381 g/mol. The maximum Gasteiger partial charge on any atom is 0.170 e. The zero-order valence-corrected chi connectivity index (χ0v) is 15.3. The number of halogens is 2. The number of nitrogens with zero attached hydrogens (tertiary/aromatic N) is 4. The molecule has 0 saturated carbocycles. The molecule has 0 aliphatic heterocycles. The quantitative estimate of drug-likeness (QED) is 0.566. The third kappa shape index (κ3) is 3.02. The normalized spacial score (nSPS) is 11.0. The number of hydrogen-bond donors (Lipinski definition) is 1. The summed E-state index contributed by atoms with van der Waals surface area (Å²) in [6.07, 6.45) is 3.29. The van der Waals surface area contributed by atoms with Gasteiger partial charge in [0.2, 0.25) is 0 Å². The van der Waals surface area contributed by atoms with Crippen molar-refractivity contribution in [2.45, 2.75) is 13.5 Å². The molecule has 6 nitrogen and oxygen atoms in total. The molecule has 0 radical (unpaired) electrons. The highest BCUT2D eigenvalue weighted by atomic mass is 19.2. The van der Waals surface area contributed by atoms with Crippen LogP contribution in [0.5, 0.6) is 5.75 Å². The van der Waals surface area contributed by atoms with Crippen LogP contribution in [0.3, 0.4) is 0 Å². The van der Waals surface area contributed by atoms with Crippen molar-refractivity contribution in [3.05, 3.63) is 71.8 Å². The molecule has 0 aliphatic carbocycles. The summed E-state index contributed by atoms with van der Waals surface area (Å²) in [5.41, 5.74) is 3.44. The van der Waals surface area contributed by atoms with Crippen molar-refractivity contribution in [3.8, 4) is 16.9 Å². The molecule has 4 aromatic rings. The number of fused-ring (bicyclic) bond motifs is 1. The minimum atomic E-state index is -0.936. The number of ether oxygens (including phenoxy) is 1. The van der Waals surface area contributed by atoms with Gasteiger partial charge in [-0.05, 0) is 37.3 Å². The molecule has 0 amide bonds. The predicted octanol–water partition coefficient (Wildman–Crippen LogP) is 4.00. The second-order valence-corrected chi connectivity index (χ2v) is 6.19. The molecule has 0 aliphatic rings. The molecular weight excluding hydrogens is 364 g/mol. The lowest BCUT2D eigenvalue weighted by atomic mass is 10.1. The fourth-order valence-corrected chi connectivity index (χ4v) is 3.15. The van der Waals surface area contributed by atoms with Gasteiger partial charge in [0.05, 0.1) is 12.7 Å². The number of methoxy groups -OCH3 is 1. The van der Waals surface area contributed by atoms with E-state index in [9.17, 15) is 8.78 Å². The van der Waals surface area contributed by atoms with Crippen molar-refractivity contribution >= 4 is 11.5 Å².